The molecule has 0 aromatic heterocycles. The lowest BCUT2D eigenvalue weighted by Gasteiger charge is -2.04. The van der Waals surface area contributed by atoms with Crippen LogP contribution in [0.5, 0.6) is 5.75 Å². The molecular weight excluding hydrogens is 204 g/mol. The Morgan fingerprint density at radius 2 is 2.06 bits per heavy atom. The fourth-order valence-corrected chi connectivity index (χ4v) is 1.24. The molecule has 1 N–H and O–H groups in total. The molecule has 0 saturated carbocycles. The molecule has 1 aromatic rings. The summed E-state index contributed by atoms with van der Waals surface area (Å²) in [4.78, 5) is 10.4. The van der Waals surface area contributed by atoms with Gasteiger partial charge in [-0.25, -0.2) is 0 Å². The monoisotopic (exact) mass is 220 g/mol. The first-order valence-corrected chi connectivity index (χ1v) is 5.27. The molecule has 0 aliphatic carbocycles. The van der Waals surface area contributed by atoms with Crippen molar-refractivity contribution in [3.05, 3.63) is 42.0 Å². The van der Waals surface area contributed by atoms with E-state index in [0.29, 0.717) is 13.0 Å². The van der Waals surface area contributed by atoms with Gasteiger partial charge in [-0.3, -0.25) is 4.79 Å². The second kappa shape index (κ2) is 6.67. The molecule has 0 amide bonds. The number of hydrogen-bond acceptors (Lipinski definition) is 2. The summed E-state index contributed by atoms with van der Waals surface area (Å²) < 4.78 is 5.42. The maximum atomic E-state index is 10.4. The third-order valence-corrected chi connectivity index (χ3v) is 2.13. The van der Waals surface area contributed by atoms with Crippen LogP contribution in [0.25, 0.3) is 0 Å². The summed E-state index contributed by atoms with van der Waals surface area (Å²) >= 11 is 0. The van der Waals surface area contributed by atoms with Gasteiger partial charge in [0, 0.05) is 6.42 Å². The Morgan fingerprint density at radius 3 is 2.62 bits per heavy atom. The third kappa shape index (κ3) is 4.64. The highest BCUT2D eigenvalue weighted by Gasteiger charge is 1.99. The van der Waals surface area contributed by atoms with Gasteiger partial charge in [0.05, 0.1) is 0 Å². The molecular formula is C13H16O3. The van der Waals surface area contributed by atoms with Crippen LogP contribution in [0.15, 0.2) is 36.4 Å². The van der Waals surface area contributed by atoms with Crippen molar-refractivity contribution in [3.63, 3.8) is 0 Å². The van der Waals surface area contributed by atoms with Crippen molar-refractivity contribution in [2.45, 2.75) is 19.8 Å². The molecule has 86 valence electrons. The number of carbonyl (C=O) groups is 1. The maximum absolute atomic E-state index is 10.4. The largest absolute Gasteiger partial charge is 0.490 e. The molecule has 0 heterocycles. The van der Waals surface area contributed by atoms with Gasteiger partial charge in [-0.1, -0.05) is 24.3 Å². The highest BCUT2D eigenvalue weighted by molar-refractivity contribution is 5.67. The highest BCUT2D eigenvalue weighted by atomic mass is 16.5. The fourth-order valence-electron chi connectivity index (χ4n) is 1.24. The SMILES string of the molecule is C/C=C/COc1ccc(CCC(=O)O)cc1. The summed E-state index contributed by atoms with van der Waals surface area (Å²) in [5.41, 5.74) is 1.01. The summed E-state index contributed by atoms with van der Waals surface area (Å²) in [7, 11) is 0. The Balaban J connectivity index is 2.44. The average molecular weight is 220 g/mol. The van der Waals surface area contributed by atoms with Gasteiger partial charge in [-0.2, -0.15) is 0 Å². The molecule has 16 heavy (non-hydrogen) atoms. The van der Waals surface area contributed by atoms with Crippen LogP contribution < -0.4 is 4.74 Å². The summed E-state index contributed by atoms with van der Waals surface area (Å²) in [6.45, 7) is 2.50. The molecule has 0 aliphatic rings. The van der Waals surface area contributed by atoms with Crippen LogP contribution in [-0.4, -0.2) is 17.7 Å². The van der Waals surface area contributed by atoms with Crippen molar-refractivity contribution < 1.29 is 14.6 Å². The highest BCUT2D eigenvalue weighted by Crippen LogP contribution is 2.13. The number of carboxylic acids is 1. The van der Waals surface area contributed by atoms with Crippen LogP contribution >= 0.6 is 0 Å². The van der Waals surface area contributed by atoms with E-state index in [2.05, 4.69) is 0 Å². The zero-order chi connectivity index (χ0) is 11.8. The van der Waals surface area contributed by atoms with E-state index in [1.165, 1.54) is 0 Å². The maximum Gasteiger partial charge on any atom is 0.303 e. The molecule has 1 aromatic carbocycles. The smallest absolute Gasteiger partial charge is 0.303 e. The van der Waals surface area contributed by atoms with E-state index in [9.17, 15) is 4.79 Å². The minimum absolute atomic E-state index is 0.165. The summed E-state index contributed by atoms with van der Waals surface area (Å²) in [6, 6.07) is 7.52. The number of allylic oxidation sites excluding steroid dienone is 1. The van der Waals surface area contributed by atoms with Crippen LogP contribution in [0, 0.1) is 0 Å². The van der Waals surface area contributed by atoms with Gasteiger partial charge in [0.15, 0.2) is 0 Å². The minimum Gasteiger partial charge on any atom is -0.490 e. The molecule has 0 aliphatic heterocycles. The second-order valence-electron chi connectivity index (χ2n) is 3.42. The zero-order valence-corrected chi connectivity index (χ0v) is 9.35. The molecule has 0 bridgehead atoms. The summed E-state index contributed by atoms with van der Waals surface area (Å²) in [6.07, 6.45) is 4.59. The quantitative estimate of drug-likeness (QED) is 0.750. The molecule has 0 spiro atoms. The van der Waals surface area contributed by atoms with Crippen molar-refractivity contribution >= 4 is 5.97 Å². The number of aryl methyl sites for hydroxylation is 1. The summed E-state index contributed by atoms with van der Waals surface area (Å²) in [5, 5.41) is 8.54. The number of aliphatic carboxylic acids is 1. The van der Waals surface area contributed by atoms with Crippen molar-refractivity contribution in [1.82, 2.24) is 0 Å². The molecule has 3 nitrogen and oxygen atoms in total. The number of carboxylic acid groups (broad SMARTS) is 1. The van der Waals surface area contributed by atoms with Gasteiger partial charge >= 0.3 is 5.97 Å². The number of rotatable bonds is 6. The molecule has 1 rings (SSSR count). The predicted octanol–water partition coefficient (Wildman–Crippen LogP) is 2.66. The average Bonchev–Trinajstić information content (AvgIpc) is 2.28. The minimum atomic E-state index is -0.770. The molecule has 0 radical (unpaired) electrons. The molecule has 0 unspecified atom stereocenters. The van der Waals surface area contributed by atoms with Crippen LogP contribution in [0.4, 0.5) is 0 Å². The first kappa shape index (κ1) is 12.3. The van der Waals surface area contributed by atoms with Crippen LogP contribution in [0.2, 0.25) is 0 Å². The lowest BCUT2D eigenvalue weighted by Crippen LogP contribution is -1.97. The van der Waals surface area contributed by atoms with Crippen molar-refractivity contribution in [2.24, 2.45) is 0 Å². The van der Waals surface area contributed by atoms with E-state index in [-0.39, 0.29) is 6.42 Å². The molecule has 0 saturated heterocycles. The first-order chi connectivity index (χ1) is 7.72. The first-order valence-electron chi connectivity index (χ1n) is 5.27. The van der Waals surface area contributed by atoms with E-state index < -0.39 is 5.97 Å². The van der Waals surface area contributed by atoms with Crippen molar-refractivity contribution in [1.29, 1.82) is 0 Å². The number of ether oxygens (including phenoxy) is 1. The molecule has 3 heteroatoms. The Morgan fingerprint density at radius 1 is 1.38 bits per heavy atom. The number of benzene rings is 1. The van der Waals surface area contributed by atoms with Crippen LogP contribution in [0.3, 0.4) is 0 Å². The van der Waals surface area contributed by atoms with Crippen molar-refractivity contribution in [2.75, 3.05) is 6.61 Å². The second-order valence-corrected chi connectivity index (χ2v) is 3.42. The normalized spacial score (nSPS) is 10.6. The zero-order valence-electron chi connectivity index (χ0n) is 9.35. The van der Waals surface area contributed by atoms with Crippen LogP contribution in [0.1, 0.15) is 18.9 Å². The van der Waals surface area contributed by atoms with E-state index in [1.54, 1.807) is 0 Å². The van der Waals surface area contributed by atoms with Gasteiger partial charge in [-0.15, -0.1) is 0 Å². The third-order valence-electron chi connectivity index (χ3n) is 2.13. The van der Waals surface area contributed by atoms with Gasteiger partial charge < -0.3 is 9.84 Å². The standard InChI is InChI=1S/C13H16O3/c1-2-3-10-16-12-7-4-11(5-8-12)6-9-13(14)15/h2-5,7-8H,6,9-10H2,1H3,(H,14,15)/b3-2+. The molecule has 0 atom stereocenters. The lowest BCUT2D eigenvalue weighted by molar-refractivity contribution is -0.136. The Hall–Kier alpha value is -1.77. The van der Waals surface area contributed by atoms with Crippen molar-refractivity contribution in [3.8, 4) is 5.75 Å². The van der Waals surface area contributed by atoms with E-state index in [1.807, 2.05) is 43.3 Å². The number of hydrogen-bond donors (Lipinski definition) is 1. The van der Waals surface area contributed by atoms with E-state index in [4.69, 9.17) is 9.84 Å². The summed E-state index contributed by atoms with van der Waals surface area (Å²) in [5.74, 6) is 0.0329. The van der Waals surface area contributed by atoms with E-state index >= 15 is 0 Å². The lowest BCUT2D eigenvalue weighted by atomic mass is 10.1. The van der Waals surface area contributed by atoms with Gasteiger partial charge in [0.25, 0.3) is 0 Å². The predicted molar refractivity (Wildman–Crippen MR) is 62.7 cm³/mol. The Labute approximate surface area is 95.4 Å². The van der Waals surface area contributed by atoms with E-state index in [0.717, 1.165) is 11.3 Å². The topological polar surface area (TPSA) is 46.5 Å². The fraction of sp³-hybridized carbons (Fsp3) is 0.308. The van der Waals surface area contributed by atoms with Crippen LogP contribution in [-0.2, 0) is 11.2 Å². The van der Waals surface area contributed by atoms with Gasteiger partial charge in [0.2, 0.25) is 0 Å². The van der Waals surface area contributed by atoms with Gasteiger partial charge in [-0.05, 0) is 31.0 Å². The Kier molecular flexibility index (Phi) is 5.12. The Bertz CT molecular complexity index is 352. The molecule has 0 fully saturated rings. The van der Waals surface area contributed by atoms with Gasteiger partial charge in [0.1, 0.15) is 12.4 Å².